The third-order valence-electron chi connectivity index (χ3n) is 2.35. The van der Waals surface area contributed by atoms with E-state index in [1.54, 1.807) is 12.2 Å². The van der Waals surface area contributed by atoms with Crippen LogP contribution in [0, 0.1) is 5.92 Å². The van der Waals surface area contributed by atoms with Gasteiger partial charge < -0.3 is 0 Å². The molecule has 1 aliphatic rings. The van der Waals surface area contributed by atoms with Crippen LogP contribution in [-0.2, 0) is 14.6 Å². The monoisotopic (exact) mass is 224 g/mol. The lowest BCUT2D eigenvalue weighted by Gasteiger charge is -2.34. The second-order valence-corrected chi connectivity index (χ2v) is 5.36. The minimum absolute atomic E-state index is 0.0179. The molecule has 0 atom stereocenters. The van der Waals surface area contributed by atoms with E-state index < -0.39 is 5.60 Å². The molecule has 0 saturated heterocycles. The van der Waals surface area contributed by atoms with Gasteiger partial charge in [-0.3, -0.25) is 4.79 Å². The molecule has 0 bridgehead atoms. The SMILES string of the molecule is CC(C)C1(OOC(C)(C)C)C=CC(=O)C=C1. The average Bonchev–Trinajstić information content (AvgIpc) is 2.16. The van der Waals surface area contributed by atoms with Gasteiger partial charge in [-0.2, -0.15) is 0 Å². The third kappa shape index (κ3) is 3.29. The van der Waals surface area contributed by atoms with E-state index in [9.17, 15) is 4.79 Å². The quantitative estimate of drug-likeness (QED) is 0.546. The highest BCUT2D eigenvalue weighted by atomic mass is 17.2. The second kappa shape index (κ2) is 4.52. The molecule has 0 spiro atoms. The lowest BCUT2D eigenvalue weighted by atomic mass is 9.86. The zero-order chi connectivity index (χ0) is 12.4. The van der Waals surface area contributed by atoms with Crippen LogP contribution in [0.1, 0.15) is 34.6 Å². The van der Waals surface area contributed by atoms with Gasteiger partial charge >= 0.3 is 0 Å². The van der Waals surface area contributed by atoms with Crippen molar-refractivity contribution >= 4 is 5.78 Å². The molecule has 0 amide bonds. The lowest BCUT2D eigenvalue weighted by molar-refractivity contribution is -0.390. The van der Waals surface area contributed by atoms with Gasteiger partial charge in [0.2, 0.25) is 0 Å². The molecule has 0 aromatic carbocycles. The molecule has 0 heterocycles. The molecule has 1 aliphatic carbocycles. The Kier molecular flexibility index (Phi) is 3.71. The maximum absolute atomic E-state index is 11.1. The van der Waals surface area contributed by atoms with Crippen LogP contribution in [0.5, 0.6) is 0 Å². The first kappa shape index (κ1) is 13.1. The Morgan fingerprint density at radius 3 is 2.06 bits per heavy atom. The number of rotatable bonds is 3. The van der Waals surface area contributed by atoms with Gasteiger partial charge in [-0.15, -0.1) is 0 Å². The molecule has 0 fully saturated rings. The molecule has 90 valence electrons. The summed E-state index contributed by atoms with van der Waals surface area (Å²) >= 11 is 0. The Morgan fingerprint density at radius 1 is 1.19 bits per heavy atom. The normalized spacial score (nSPS) is 19.5. The Bertz CT molecular complexity index is 303. The number of carbonyl (C=O) groups excluding carboxylic acids is 1. The fourth-order valence-corrected chi connectivity index (χ4v) is 1.27. The zero-order valence-electron chi connectivity index (χ0n) is 10.6. The molecule has 0 saturated carbocycles. The first-order chi connectivity index (χ1) is 7.25. The van der Waals surface area contributed by atoms with Crippen LogP contribution in [-0.4, -0.2) is 17.0 Å². The highest BCUT2D eigenvalue weighted by Gasteiger charge is 2.34. The highest BCUT2D eigenvalue weighted by Crippen LogP contribution is 2.29. The molecule has 0 aromatic rings. The van der Waals surface area contributed by atoms with Crippen molar-refractivity contribution in [1.82, 2.24) is 0 Å². The van der Waals surface area contributed by atoms with Crippen LogP contribution in [0.4, 0.5) is 0 Å². The van der Waals surface area contributed by atoms with Gasteiger partial charge in [0.25, 0.3) is 0 Å². The Hall–Kier alpha value is -0.930. The van der Waals surface area contributed by atoms with E-state index in [1.807, 2.05) is 34.6 Å². The van der Waals surface area contributed by atoms with Gasteiger partial charge in [-0.1, -0.05) is 13.8 Å². The van der Waals surface area contributed by atoms with Crippen molar-refractivity contribution in [3.05, 3.63) is 24.3 Å². The largest absolute Gasteiger partial charge is 0.290 e. The average molecular weight is 224 g/mol. The number of carbonyl (C=O) groups is 1. The van der Waals surface area contributed by atoms with Crippen LogP contribution in [0.2, 0.25) is 0 Å². The summed E-state index contributed by atoms with van der Waals surface area (Å²) < 4.78 is 0. The van der Waals surface area contributed by atoms with E-state index in [2.05, 4.69) is 0 Å². The number of allylic oxidation sites excluding steroid dienone is 2. The van der Waals surface area contributed by atoms with E-state index >= 15 is 0 Å². The maximum atomic E-state index is 11.1. The van der Waals surface area contributed by atoms with Crippen molar-refractivity contribution in [1.29, 1.82) is 0 Å². The molecule has 0 N–H and O–H groups in total. The predicted octanol–water partition coefficient (Wildman–Crippen LogP) is 2.82. The molecular weight excluding hydrogens is 204 g/mol. The molecule has 0 aliphatic heterocycles. The third-order valence-corrected chi connectivity index (χ3v) is 2.35. The van der Waals surface area contributed by atoms with Gasteiger partial charge in [0.05, 0.1) is 5.60 Å². The minimum Gasteiger partial charge on any atom is -0.290 e. The lowest BCUT2D eigenvalue weighted by Crippen LogP contribution is -2.38. The van der Waals surface area contributed by atoms with E-state index in [-0.39, 0.29) is 17.3 Å². The Labute approximate surface area is 97.1 Å². The highest BCUT2D eigenvalue weighted by molar-refractivity contribution is 6.00. The molecule has 16 heavy (non-hydrogen) atoms. The Balaban J connectivity index is 2.80. The fraction of sp³-hybridized carbons (Fsp3) is 0.615. The predicted molar refractivity (Wildman–Crippen MR) is 62.8 cm³/mol. The number of hydrogen-bond acceptors (Lipinski definition) is 3. The van der Waals surface area contributed by atoms with Crippen LogP contribution >= 0.6 is 0 Å². The molecule has 3 nitrogen and oxygen atoms in total. The number of ketones is 1. The molecule has 0 unspecified atom stereocenters. The van der Waals surface area contributed by atoms with Gasteiger partial charge in [0, 0.05) is 0 Å². The van der Waals surface area contributed by atoms with Crippen LogP contribution in [0.15, 0.2) is 24.3 Å². The number of hydrogen-bond donors (Lipinski definition) is 0. The summed E-state index contributed by atoms with van der Waals surface area (Å²) in [4.78, 5) is 22.0. The Morgan fingerprint density at radius 2 is 1.69 bits per heavy atom. The maximum Gasteiger partial charge on any atom is 0.178 e. The summed E-state index contributed by atoms with van der Waals surface area (Å²) in [5, 5.41) is 0. The molecular formula is C13H20O3. The fourth-order valence-electron chi connectivity index (χ4n) is 1.27. The summed E-state index contributed by atoms with van der Waals surface area (Å²) in [6.45, 7) is 9.81. The van der Waals surface area contributed by atoms with Crippen LogP contribution in [0.25, 0.3) is 0 Å². The van der Waals surface area contributed by atoms with Gasteiger partial charge in [0.1, 0.15) is 5.60 Å². The van der Waals surface area contributed by atoms with E-state index in [0.717, 1.165) is 0 Å². The molecule has 0 radical (unpaired) electrons. The van der Waals surface area contributed by atoms with Gasteiger partial charge in [-0.25, -0.2) is 9.78 Å². The van der Waals surface area contributed by atoms with Crippen molar-refractivity contribution in [2.24, 2.45) is 5.92 Å². The van der Waals surface area contributed by atoms with Crippen molar-refractivity contribution in [3.8, 4) is 0 Å². The molecule has 3 heteroatoms. The second-order valence-electron chi connectivity index (χ2n) is 5.36. The van der Waals surface area contributed by atoms with Gasteiger partial charge in [-0.05, 0) is 51.0 Å². The molecule has 0 aromatic heterocycles. The van der Waals surface area contributed by atoms with Crippen molar-refractivity contribution in [3.63, 3.8) is 0 Å². The van der Waals surface area contributed by atoms with Gasteiger partial charge in [0.15, 0.2) is 5.78 Å². The smallest absolute Gasteiger partial charge is 0.178 e. The van der Waals surface area contributed by atoms with Crippen LogP contribution in [0.3, 0.4) is 0 Å². The van der Waals surface area contributed by atoms with E-state index in [4.69, 9.17) is 9.78 Å². The standard InChI is InChI=1S/C13H20O3/c1-10(2)13(16-15-12(3,4)5)8-6-11(14)7-9-13/h6-10H,1-5H3. The molecule has 1 rings (SSSR count). The summed E-state index contributed by atoms with van der Waals surface area (Å²) in [6, 6.07) is 0. The van der Waals surface area contributed by atoms with Crippen molar-refractivity contribution in [2.45, 2.75) is 45.8 Å². The topological polar surface area (TPSA) is 35.5 Å². The first-order valence-corrected chi connectivity index (χ1v) is 5.54. The zero-order valence-corrected chi connectivity index (χ0v) is 10.6. The first-order valence-electron chi connectivity index (χ1n) is 5.54. The summed E-state index contributed by atoms with van der Waals surface area (Å²) in [5.41, 5.74) is -1.01. The van der Waals surface area contributed by atoms with E-state index in [0.29, 0.717) is 0 Å². The van der Waals surface area contributed by atoms with Crippen molar-refractivity contribution < 1.29 is 14.6 Å². The summed E-state index contributed by atoms with van der Waals surface area (Å²) in [7, 11) is 0. The van der Waals surface area contributed by atoms with Crippen molar-refractivity contribution in [2.75, 3.05) is 0 Å². The minimum atomic E-state index is -0.638. The van der Waals surface area contributed by atoms with Crippen LogP contribution < -0.4 is 0 Å². The summed E-state index contributed by atoms with van der Waals surface area (Å²) in [6.07, 6.45) is 6.55. The summed E-state index contributed by atoms with van der Waals surface area (Å²) in [5.74, 6) is 0.172. The van der Waals surface area contributed by atoms with E-state index in [1.165, 1.54) is 12.2 Å².